The van der Waals surface area contributed by atoms with Crippen LogP contribution in [0.15, 0.2) is 4.99 Å². The van der Waals surface area contributed by atoms with E-state index in [1.165, 1.54) is 32.2 Å². The van der Waals surface area contributed by atoms with Crippen molar-refractivity contribution in [2.75, 3.05) is 33.2 Å². The van der Waals surface area contributed by atoms with Gasteiger partial charge in [0.25, 0.3) is 0 Å². The van der Waals surface area contributed by atoms with Gasteiger partial charge in [0, 0.05) is 25.7 Å². The molecule has 19 heavy (non-hydrogen) atoms. The summed E-state index contributed by atoms with van der Waals surface area (Å²) in [5, 5.41) is 0. The zero-order valence-corrected chi connectivity index (χ0v) is 12.4. The van der Waals surface area contributed by atoms with Gasteiger partial charge in [-0.1, -0.05) is 13.3 Å². The van der Waals surface area contributed by atoms with Crippen LogP contribution in [0.2, 0.25) is 0 Å². The zero-order valence-electron chi connectivity index (χ0n) is 12.4. The summed E-state index contributed by atoms with van der Waals surface area (Å²) in [6.45, 7) is 6.49. The van der Waals surface area contributed by atoms with Gasteiger partial charge >= 0.3 is 0 Å². The molecule has 2 saturated heterocycles. The van der Waals surface area contributed by atoms with Crippen molar-refractivity contribution in [3.8, 4) is 0 Å². The van der Waals surface area contributed by atoms with Crippen LogP contribution in [-0.4, -0.2) is 55.0 Å². The first-order valence-corrected chi connectivity index (χ1v) is 7.72. The number of guanidine groups is 1. The monoisotopic (exact) mass is 267 g/mol. The summed E-state index contributed by atoms with van der Waals surface area (Å²) in [5.74, 6) is 7.31. The molecule has 2 aliphatic heterocycles. The molecule has 3 N–H and O–H groups in total. The number of fused-ring (bicyclic) bond motifs is 1. The molecule has 0 aliphatic carbocycles. The minimum absolute atomic E-state index is 0.764. The Morgan fingerprint density at radius 3 is 2.95 bits per heavy atom. The van der Waals surface area contributed by atoms with Gasteiger partial charge in [0.15, 0.2) is 0 Å². The van der Waals surface area contributed by atoms with Gasteiger partial charge in [-0.05, 0) is 45.2 Å². The molecule has 0 radical (unpaired) electrons. The zero-order chi connectivity index (χ0) is 13.7. The molecule has 0 bridgehead atoms. The molecule has 5 heteroatoms. The van der Waals surface area contributed by atoms with Crippen LogP contribution >= 0.6 is 0 Å². The van der Waals surface area contributed by atoms with Crippen molar-refractivity contribution in [1.82, 2.24) is 15.2 Å². The van der Waals surface area contributed by atoms with E-state index in [0.717, 1.165) is 44.0 Å². The first kappa shape index (κ1) is 14.6. The topological polar surface area (TPSA) is 56.9 Å². The molecule has 2 atom stereocenters. The molecule has 0 spiro atoms. The summed E-state index contributed by atoms with van der Waals surface area (Å²) < 4.78 is 0. The summed E-state index contributed by atoms with van der Waals surface area (Å²) in [6.07, 6.45) is 6.21. The number of rotatable bonds is 3. The molecule has 2 rings (SSSR count). The van der Waals surface area contributed by atoms with E-state index in [1.807, 2.05) is 0 Å². The number of likely N-dealkylation sites (tertiary alicyclic amines) is 2. The summed E-state index contributed by atoms with van der Waals surface area (Å²) in [5.41, 5.74) is 2.80. The van der Waals surface area contributed by atoms with Crippen LogP contribution in [0, 0.1) is 5.92 Å². The van der Waals surface area contributed by atoms with Gasteiger partial charge in [0.1, 0.15) is 0 Å². The average molecular weight is 267 g/mol. The third-order valence-electron chi connectivity index (χ3n) is 4.55. The van der Waals surface area contributed by atoms with Crippen LogP contribution in [0.4, 0.5) is 0 Å². The van der Waals surface area contributed by atoms with E-state index in [9.17, 15) is 0 Å². The standard InChI is InChI=1S/C14H29N5/c1-3-4-8-16-14(17-15)19-10-7-13-12(11-19)6-5-9-18(13)2/h12-13H,3-11,15H2,1-2H3,(H,16,17). The highest BCUT2D eigenvalue weighted by molar-refractivity contribution is 5.79. The Kier molecular flexibility index (Phi) is 5.45. The highest BCUT2D eigenvalue weighted by atomic mass is 15.4. The fraction of sp³-hybridized carbons (Fsp3) is 0.929. The Morgan fingerprint density at radius 1 is 1.37 bits per heavy atom. The number of piperidine rings is 2. The lowest BCUT2D eigenvalue weighted by Crippen LogP contribution is -2.56. The van der Waals surface area contributed by atoms with Gasteiger partial charge in [0.05, 0.1) is 0 Å². The van der Waals surface area contributed by atoms with Gasteiger partial charge in [-0.25, -0.2) is 5.84 Å². The van der Waals surface area contributed by atoms with E-state index in [-0.39, 0.29) is 0 Å². The molecule has 2 fully saturated rings. The highest BCUT2D eigenvalue weighted by Gasteiger charge is 2.34. The van der Waals surface area contributed by atoms with Crippen molar-refractivity contribution >= 4 is 5.96 Å². The lowest BCUT2D eigenvalue weighted by Gasteiger charge is -2.46. The number of nitrogens with zero attached hydrogens (tertiary/aromatic N) is 3. The molecule has 0 aromatic carbocycles. The summed E-state index contributed by atoms with van der Waals surface area (Å²) in [7, 11) is 2.27. The number of nitrogens with one attached hydrogen (secondary N) is 1. The summed E-state index contributed by atoms with van der Waals surface area (Å²) in [4.78, 5) is 9.49. The van der Waals surface area contributed by atoms with Crippen LogP contribution in [0.1, 0.15) is 39.0 Å². The second-order valence-corrected chi connectivity index (χ2v) is 5.89. The van der Waals surface area contributed by atoms with Crippen LogP contribution in [0.3, 0.4) is 0 Å². The molecular weight excluding hydrogens is 238 g/mol. The van der Waals surface area contributed by atoms with Gasteiger partial charge in [0.2, 0.25) is 5.96 Å². The molecule has 2 aliphatic rings. The number of aliphatic imine (C=N–C) groups is 1. The van der Waals surface area contributed by atoms with E-state index >= 15 is 0 Å². The van der Waals surface area contributed by atoms with E-state index in [4.69, 9.17) is 5.84 Å². The lowest BCUT2D eigenvalue weighted by atomic mass is 9.84. The molecular formula is C14H29N5. The Hall–Kier alpha value is -0.810. The third-order valence-corrected chi connectivity index (χ3v) is 4.55. The van der Waals surface area contributed by atoms with E-state index in [1.54, 1.807) is 0 Å². The fourth-order valence-corrected chi connectivity index (χ4v) is 3.42. The maximum Gasteiger partial charge on any atom is 0.208 e. The first-order chi connectivity index (χ1) is 9.26. The van der Waals surface area contributed by atoms with Crippen molar-refractivity contribution in [1.29, 1.82) is 0 Å². The number of unbranched alkanes of at least 4 members (excludes halogenated alkanes) is 1. The Bertz CT molecular complexity index is 304. The average Bonchev–Trinajstić information content (AvgIpc) is 2.44. The molecule has 0 aromatic heterocycles. The molecule has 2 heterocycles. The Balaban J connectivity index is 1.93. The largest absolute Gasteiger partial charge is 0.342 e. The van der Waals surface area contributed by atoms with Crippen LogP contribution < -0.4 is 11.3 Å². The number of hydrogen-bond donors (Lipinski definition) is 2. The van der Waals surface area contributed by atoms with Crippen LogP contribution in [0.25, 0.3) is 0 Å². The number of hydrazine groups is 1. The quantitative estimate of drug-likeness (QED) is 0.264. The first-order valence-electron chi connectivity index (χ1n) is 7.72. The SMILES string of the molecule is CCCCN=C(NN)N1CCC2C(CCCN2C)C1. The van der Waals surface area contributed by atoms with Gasteiger partial charge in [-0.3, -0.25) is 10.4 Å². The highest BCUT2D eigenvalue weighted by Crippen LogP contribution is 2.29. The number of nitrogens with two attached hydrogens (primary N) is 1. The van der Waals surface area contributed by atoms with Crippen LogP contribution in [0.5, 0.6) is 0 Å². The van der Waals surface area contributed by atoms with E-state index in [2.05, 4.69) is 34.2 Å². The minimum atomic E-state index is 0.764. The fourth-order valence-electron chi connectivity index (χ4n) is 3.42. The van der Waals surface area contributed by atoms with Crippen molar-refractivity contribution < 1.29 is 0 Å². The van der Waals surface area contributed by atoms with Gasteiger partial charge < -0.3 is 9.80 Å². The normalized spacial score (nSPS) is 29.2. The molecule has 110 valence electrons. The third kappa shape index (κ3) is 3.60. The predicted octanol–water partition coefficient (Wildman–Crippen LogP) is 1.02. The Labute approximate surface area is 117 Å². The van der Waals surface area contributed by atoms with Crippen molar-refractivity contribution in [3.05, 3.63) is 0 Å². The maximum atomic E-state index is 5.65. The second-order valence-electron chi connectivity index (χ2n) is 5.89. The molecule has 0 aromatic rings. The van der Waals surface area contributed by atoms with E-state index in [0.29, 0.717) is 0 Å². The predicted molar refractivity (Wildman–Crippen MR) is 79.9 cm³/mol. The maximum absolute atomic E-state index is 5.65. The molecule has 0 saturated carbocycles. The molecule has 0 amide bonds. The molecule has 5 nitrogen and oxygen atoms in total. The van der Waals surface area contributed by atoms with Crippen molar-refractivity contribution in [2.24, 2.45) is 16.8 Å². The summed E-state index contributed by atoms with van der Waals surface area (Å²) >= 11 is 0. The smallest absolute Gasteiger partial charge is 0.208 e. The van der Waals surface area contributed by atoms with Crippen molar-refractivity contribution in [2.45, 2.75) is 45.1 Å². The van der Waals surface area contributed by atoms with Gasteiger partial charge in [-0.2, -0.15) is 0 Å². The van der Waals surface area contributed by atoms with Crippen LogP contribution in [-0.2, 0) is 0 Å². The lowest BCUT2D eigenvalue weighted by molar-refractivity contribution is 0.0620. The Morgan fingerprint density at radius 2 is 2.21 bits per heavy atom. The second kappa shape index (κ2) is 7.10. The molecule has 2 unspecified atom stereocenters. The minimum Gasteiger partial charge on any atom is -0.342 e. The number of hydrogen-bond acceptors (Lipinski definition) is 3. The van der Waals surface area contributed by atoms with Crippen molar-refractivity contribution in [3.63, 3.8) is 0 Å². The van der Waals surface area contributed by atoms with E-state index < -0.39 is 0 Å². The summed E-state index contributed by atoms with van der Waals surface area (Å²) in [6, 6.07) is 0.764. The van der Waals surface area contributed by atoms with Gasteiger partial charge in [-0.15, -0.1) is 0 Å².